The number of anilines is 1. The van der Waals surface area contributed by atoms with Gasteiger partial charge < -0.3 is 9.64 Å². The number of thiazole rings is 1. The number of aromatic nitrogens is 1. The summed E-state index contributed by atoms with van der Waals surface area (Å²) in [5, 5.41) is 3.02. The van der Waals surface area contributed by atoms with Gasteiger partial charge in [-0.1, -0.05) is 42.5 Å². The molecule has 2 heterocycles. The van der Waals surface area contributed by atoms with Crippen LogP contribution in [0.5, 0.6) is 5.75 Å². The van der Waals surface area contributed by atoms with Crippen molar-refractivity contribution in [3.63, 3.8) is 0 Å². The van der Waals surface area contributed by atoms with Gasteiger partial charge >= 0.3 is 12.1 Å². The minimum Gasteiger partial charge on any atom is -0.423 e. The van der Waals surface area contributed by atoms with Crippen molar-refractivity contribution >= 4 is 28.5 Å². The Morgan fingerprint density at radius 2 is 1.79 bits per heavy atom. The highest BCUT2D eigenvalue weighted by Crippen LogP contribution is 2.31. The van der Waals surface area contributed by atoms with E-state index in [9.17, 15) is 18.0 Å². The number of carbonyl (C=O) groups excluding carboxylic acids is 1. The lowest BCUT2D eigenvalue weighted by molar-refractivity contribution is -0.137. The molecule has 0 N–H and O–H groups in total. The van der Waals surface area contributed by atoms with Gasteiger partial charge in [-0.15, -0.1) is 11.3 Å². The lowest BCUT2D eigenvalue weighted by atomic mass is 10.1. The molecular weight excluding hydrogens is 461 g/mol. The van der Waals surface area contributed by atoms with Gasteiger partial charge in [0.05, 0.1) is 11.3 Å². The van der Waals surface area contributed by atoms with Crippen LogP contribution in [0.15, 0.2) is 72.1 Å². The summed E-state index contributed by atoms with van der Waals surface area (Å²) in [6.45, 7) is 2.06. The molecule has 0 bridgehead atoms. The molecule has 0 spiro atoms. The van der Waals surface area contributed by atoms with Crippen molar-refractivity contribution in [2.75, 3.05) is 18.0 Å². The van der Waals surface area contributed by atoms with Crippen LogP contribution in [0.2, 0.25) is 0 Å². The van der Waals surface area contributed by atoms with E-state index in [-0.39, 0.29) is 0 Å². The zero-order valence-electron chi connectivity index (χ0n) is 18.3. The number of ether oxygens (including phenoxy) is 1. The molecule has 8 heteroatoms. The van der Waals surface area contributed by atoms with E-state index in [2.05, 4.69) is 4.90 Å². The quantitative estimate of drug-likeness (QED) is 0.164. The number of carbonyl (C=O) groups is 1. The zero-order chi connectivity index (χ0) is 24.0. The molecular formula is C26H23F3N2O2S. The van der Waals surface area contributed by atoms with E-state index in [1.165, 1.54) is 43.5 Å². The SMILES string of the molecule is O=C(/C=C/C=C\c1ccc(C(F)(F)F)cc1)Oc1cccc(-c2csc(N3CCCCC3)n2)c1. The first-order chi connectivity index (χ1) is 16.4. The number of halogens is 3. The van der Waals surface area contributed by atoms with Crippen LogP contribution in [0, 0.1) is 0 Å². The zero-order valence-corrected chi connectivity index (χ0v) is 19.1. The van der Waals surface area contributed by atoms with Crippen molar-refractivity contribution in [3.05, 3.63) is 83.3 Å². The predicted molar refractivity (Wildman–Crippen MR) is 129 cm³/mol. The molecule has 3 aromatic rings. The Labute approximate surface area is 200 Å². The van der Waals surface area contributed by atoms with Gasteiger partial charge in [0, 0.05) is 30.1 Å². The maximum atomic E-state index is 12.6. The summed E-state index contributed by atoms with van der Waals surface area (Å²) in [4.78, 5) is 19.2. The summed E-state index contributed by atoms with van der Waals surface area (Å²) in [7, 11) is 0. The molecule has 4 nitrogen and oxygen atoms in total. The monoisotopic (exact) mass is 484 g/mol. The highest BCUT2D eigenvalue weighted by atomic mass is 32.1. The van der Waals surface area contributed by atoms with E-state index >= 15 is 0 Å². The third kappa shape index (κ3) is 6.35. The second-order valence-corrected chi connectivity index (χ2v) is 8.69. The maximum Gasteiger partial charge on any atom is 0.416 e. The Hall–Kier alpha value is -3.39. The molecule has 1 fully saturated rings. The van der Waals surface area contributed by atoms with Gasteiger partial charge in [-0.25, -0.2) is 9.78 Å². The topological polar surface area (TPSA) is 42.4 Å². The first kappa shape index (κ1) is 23.8. The summed E-state index contributed by atoms with van der Waals surface area (Å²) < 4.78 is 43.2. The van der Waals surface area contributed by atoms with E-state index in [0.29, 0.717) is 11.3 Å². The summed E-state index contributed by atoms with van der Waals surface area (Å²) in [5.41, 5.74) is 1.60. The van der Waals surface area contributed by atoms with Crippen LogP contribution >= 0.6 is 11.3 Å². The fourth-order valence-electron chi connectivity index (χ4n) is 3.58. The largest absolute Gasteiger partial charge is 0.423 e. The number of hydrogen-bond acceptors (Lipinski definition) is 5. The van der Waals surface area contributed by atoms with E-state index < -0.39 is 17.7 Å². The predicted octanol–water partition coefficient (Wildman–Crippen LogP) is 6.99. The molecule has 1 aromatic heterocycles. The van der Waals surface area contributed by atoms with E-state index in [1.807, 2.05) is 17.5 Å². The van der Waals surface area contributed by atoms with Gasteiger partial charge in [0.25, 0.3) is 0 Å². The Bertz CT molecular complexity index is 1180. The van der Waals surface area contributed by atoms with Crippen LogP contribution in [0.3, 0.4) is 0 Å². The second-order valence-electron chi connectivity index (χ2n) is 7.85. The smallest absolute Gasteiger partial charge is 0.416 e. The number of alkyl halides is 3. The standard InChI is InChI=1S/C26H23F3N2O2S/c27-26(28,29)21-13-11-19(12-14-21)7-2-3-10-24(32)33-22-9-6-8-20(17-22)23-18-34-25(30-23)31-15-4-1-5-16-31/h2-3,6-14,17-18H,1,4-5,15-16H2/b7-2-,10-3+. The fourth-order valence-corrected chi connectivity index (χ4v) is 4.47. The first-order valence-electron chi connectivity index (χ1n) is 10.9. The number of rotatable bonds is 6. The van der Waals surface area contributed by atoms with Crippen LogP contribution < -0.4 is 9.64 Å². The number of piperidine rings is 1. The van der Waals surface area contributed by atoms with Gasteiger partial charge in [-0.05, 0) is 49.1 Å². The fraction of sp³-hybridized carbons (Fsp3) is 0.231. The lowest BCUT2D eigenvalue weighted by Crippen LogP contribution is -2.29. The Morgan fingerprint density at radius 1 is 1.03 bits per heavy atom. The molecule has 0 amide bonds. The molecule has 0 unspecified atom stereocenters. The molecule has 0 atom stereocenters. The molecule has 1 aliphatic heterocycles. The van der Waals surface area contributed by atoms with Crippen molar-refractivity contribution in [2.24, 2.45) is 0 Å². The number of esters is 1. The van der Waals surface area contributed by atoms with Gasteiger partial charge in [0.2, 0.25) is 0 Å². The molecule has 176 valence electrons. The van der Waals surface area contributed by atoms with Crippen LogP contribution in [-0.2, 0) is 11.0 Å². The van der Waals surface area contributed by atoms with Gasteiger partial charge in [0.15, 0.2) is 5.13 Å². The molecule has 34 heavy (non-hydrogen) atoms. The van der Waals surface area contributed by atoms with Crippen molar-refractivity contribution in [2.45, 2.75) is 25.4 Å². The minimum absolute atomic E-state index is 0.409. The van der Waals surface area contributed by atoms with Gasteiger partial charge in [-0.2, -0.15) is 13.2 Å². The molecule has 0 radical (unpaired) electrons. The van der Waals surface area contributed by atoms with Crippen LogP contribution in [-0.4, -0.2) is 24.0 Å². The van der Waals surface area contributed by atoms with E-state index in [4.69, 9.17) is 9.72 Å². The summed E-state index contributed by atoms with van der Waals surface area (Å²) in [6, 6.07) is 12.0. The normalized spacial score (nSPS) is 14.7. The van der Waals surface area contributed by atoms with Crippen LogP contribution in [0.4, 0.5) is 18.3 Å². The molecule has 4 rings (SSSR count). The number of benzene rings is 2. The highest BCUT2D eigenvalue weighted by molar-refractivity contribution is 7.14. The van der Waals surface area contributed by atoms with Crippen molar-refractivity contribution in [1.82, 2.24) is 4.98 Å². The van der Waals surface area contributed by atoms with Crippen LogP contribution in [0.1, 0.15) is 30.4 Å². The van der Waals surface area contributed by atoms with Crippen molar-refractivity contribution in [1.29, 1.82) is 0 Å². The Morgan fingerprint density at radius 3 is 2.53 bits per heavy atom. The number of nitrogens with zero attached hydrogens (tertiary/aromatic N) is 2. The molecule has 1 saturated heterocycles. The second kappa shape index (κ2) is 10.7. The third-order valence-corrected chi connectivity index (χ3v) is 6.24. The molecule has 1 aliphatic rings. The Kier molecular flexibility index (Phi) is 7.47. The summed E-state index contributed by atoms with van der Waals surface area (Å²) >= 11 is 1.62. The molecule has 2 aromatic carbocycles. The van der Waals surface area contributed by atoms with E-state index in [1.54, 1.807) is 35.6 Å². The number of allylic oxidation sites excluding steroid dienone is 2. The minimum atomic E-state index is -4.36. The number of hydrogen-bond donors (Lipinski definition) is 0. The van der Waals surface area contributed by atoms with Gasteiger partial charge in [0.1, 0.15) is 5.75 Å². The van der Waals surface area contributed by atoms with Crippen molar-refractivity contribution < 1.29 is 22.7 Å². The van der Waals surface area contributed by atoms with Gasteiger partial charge in [-0.3, -0.25) is 0 Å². The summed E-state index contributed by atoms with van der Waals surface area (Å²) in [6.07, 6.45) is 5.19. The molecule has 0 aliphatic carbocycles. The first-order valence-corrected chi connectivity index (χ1v) is 11.8. The lowest BCUT2D eigenvalue weighted by Gasteiger charge is -2.25. The highest BCUT2D eigenvalue weighted by Gasteiger charge is 2.29. The van der Waals surface area contributed by atoms with Crippen LogP contribution in [0.25, 0.3) is 17.3 Å². The van der Waals surface area contributed by atoms with Crippen molar-refractivity contribution in [3.8, 4) is 17.0 Å². The van der Waals surface area contributed by atoms with E-state index in [0.717, 1.165) is 41.6 Å². The average Bonchev–Trinajstić information content (AvgIpc) is 3.33. The summed E-state index contributed by atoms with van der Waals surface area (Å²) in [5.74, 6) is -0.145. The molecule has 0 saturated carbocycles. The average molecular weight is 485 g/mol. The third-order valence-electron chi connectivity index (χ3n) is 5.34. The Balaban J connectivity index is 1.34. The maximum absolute atomic E-state index is 12.6.